The number of nitrogens with zero attached hydrogens (tertiary/aromatic N) is 1. The fourth-order valence-corrected chi connectivity index (χ4v) is 1.80. The minimum atomic E-state index is 0.0820. The number of rotatable bonds is 5. The van der Waals surface area contributed by atoms with Crippen molar-refractivity contribution in [3.8, 4) is 0 Å². The molecule has 1 N–H and O–H groups in total. The first-order valence-electron chi connectivity index (χ1n) is 6.75. The molecule has 0 radical (unpaired) electrons. The number of hydrogen-bond donors (Lipinski definition) is 1. The molecule has 102 valence electrons. The molecule has 0 unspecified atom stereocenters. The minimum absolute atomic E-state index is 0.0820. The van der Waals surface area contributed by atoms with Crippen LogP contribution in [0.5, 0.6) is 0 Å². The fourth-order valence-electron chi connectivity index (χ4n) is 1.80. The van der Waals surface area contributed by atoms with Crippen molar-refractivity contribution < 1.29 is 4.42 Å². The van der Waals surface area contributed by atoms with E-state index in [1.54, 1.807) is 0 Å². The van der Waals surface area contributed by atoms with Gasteiger partial charge in [0.1, 0.15) is 5.76 Å². The lowest BCUT2D eigenvalue weighted by Gasteiger charge is -2.18. The smallest absolute Gasteiger partial charge is 0.208 e. The summed E-state index contributed by atoms with van der Waals surface area (Å²) in [7, 11) is 0. The standard InChI is InChI=1S/C16H22N2O/c1-16(2,3)18-12-15-17-11-14(19-15)10-9-13-7-5-4-6-8-13/h4-8,11,18H,9-10,12H2,1-3H3. The van der Waals surface area contributed by atoms with Gasteiger partial charge in [-0.15, -0.1) is 0 Å². The van der Waals surface area contributed by atoms with Crippen LogP contribution >= 0.6 is 0 Å². The highest BCUT2D eigenvalue weighted by atomic mass is 16.4. The summed E-state index contributed by atoms with van der Waals surface area (Å²) in [6.45, 7) is 7.07. The second kappa shape index (κ2) is 6.02. The number of oxazole rings is 1. The predicted molar refractivity (Wildman–Crippen MR) is 76.9 cm³/mol. The second-order valence-electron chi connectivity index (χ2n) is 5.81. The van der Waals surface area contributed by atoms with E-state index in [1.807, 2.05) is 12.3 Å². The van der Waals surface area contributed by atoms with Crippen LogP contribution < -0.4 is 5.32 Å². The van der Waals surface area contributed by atoms with Gasteiger partial charge < -0.3 is 9.73 Å². The highest BCUT2D eigenvalue weighted by molar-refractivity contribution is 5.15. The van der Waals surface area contributed by atoms with Crippen LogP contribution in [0.25, 0.3) is 0 Å². The van der Waals surface area contributed by atoms with Gasteiger partial charge in [0.2, 0.25) is 5.89 Å². The summed E-state index contributed by atoms with van der Waals surface area (Å²) in [5.74, 6) is 1.72. The molecule has 3 heteroatoms. The third-order valence-electron chi connectivity index (χ3n) is 2.87. The summed E-state index contributed by atoms with van der Waals surface area (Å²) in [6, 6.07) is 10.4. The topological polar surface area (TPSA) is 38.1 Å². The molecule has 3 nitrogen and oxygen atoms in total. The average molecular weight is 258 g/mol. The van der Waals surface area contributed by atoms with Crippen molar-refractivity contribution in [1.29, 1.82) is 0 Å². The van der Waals surface area contributed by atoms with Crippen molar-refractivity contribution in [2.24, 2.45) is 0 Å². The van der Waals surface area contributed by atoms with Gasteiger partial charge in [-0.2, -0.15) is 0 Å². The molecule has 0 atom stereocenters. The Labute approximate surface area is 115 Å². The van der Waals surface area contributed by atoms with Crippen molar-refractivity contribution in [2.75, 3.05) is 0 Å². The quantitative estimate of drug-likeness (QED) is 0.893. The van der Waals surface area contributed by atoms with E-state index in [-0.39, 0.29) is 5.54 Å². The summed E-state index contributed by atoms with van der Waals surface area (Å²) in [5, 5.41) is 3.37. The lowest BCUT2D eigenvalue weighted by molar-refractivity contribution is 0.371. The molecule has 0 saturated heterocycles. The molecule has 19 heavy (non-hydrogen) atoms. The Kier molecular flexibility index (Phi) is 4.38. The lowest BCUT2D eigenvalue weighted by atomic mass is 10.1. The normalized spacial score (nSPS) is 11.7. The van der Waals surface area contributed by atoms with Gasteiger partial charge in [-0.3, -0.25) is 0 Å². The number of nitrogens with one attached hydrogen (secondary N) is 1. The fraction of sp³-hybridized carbons (Fsp3) is 0.438. The largest absolute Gasteiger partial charge is 0.444 e. The molecule has 1 aromatic heterocycles. The van der Waals surface area contributed by atoms with Gasteiger partial charge in [-0.1, -0.05) is 30.3 Å². The highest BCUT2D eigenvalue weighted by Crippen LogP contribution is 2.10. The molecular weight excluding hydrogens is 236 g/mol. The SMILES string of the molecule is CC(C)(C)NCc1ncc(CCc2ccccc2)o1. The van der Waals surface area contributed by atoms with E-state index in [2.05, 4.69) is 55.3 Å². The maximum atomic E-state index is 5.73. The van der Waals surface area contributed by atoms with E-state index in [1.165, 1.54) is 5.56 Å². The van der Waals surface area contributed by atoms with Gasteiger partial charge in [-0.05, 0) is 32.8 Å². The number of benzene rings is 1. The molecule has 0 amide bonds. The van der Waals surface area contributed by atoms with Crippen molar-refractivity contribution in [3.05, 3.63) is 53.7 Å². The van der Waals surface area contributed by atoms with Crippen LogP contribution in [0.1, 0.15) is 38.0 Å². The Bertz CT molecular complexity index is 497. The third kappa shape index (κ3) is 4.87. The van der Waals surface area contributed by atoms with Crippen molar-refractivity contribution in [1.82, 2.24) is 10.3 Å². The Morgan fingerprint density at radius 2 is 1.84 bits per heavy atom. The van der Waals surface area contributed by atoms with Crippen LogP contribution in [0, 0.1) is 0 Å². The van der Waals surface area contributed by atoms with Gasteiger partial charge in [0.15, 0.2) is 0 Å². The van der Waals surface area contributed by atoms with E-state index < -0.39 is 0 Å². The zero-order valence-corrected chi connectivity index (χ0v) is 11.9. The van der Waals surface area contributed by atoms with Crippen LogP contribution in [0.3, 0.4) is 0 Å². The van der Waals surface area contributed by atoms with Gasteiger partial charge in [0, 0.05) is 12.0 Å². The molecule has 0 saturated carbocycles. The number of hydrogen-bond acceptors (Lipinski definition) is 3. The molecule has 0 spiro atoms. The van der Waals surface area contributed by atoms with Crippen LogP contribution in [-0.4, -0.2) is 10.5 Å². The first kappa shape index (κ1) is 13.8. The monoisotopic (exact) mass is 258 g/mol. The van der Waals surface area contributed by atoms with Crippen LogP contribution in [-0.2, 0) is 19.4 Å². The van der Waals surface area contributed by atoms with Gasteiger partial charge >= 0.3 is 0 Å². The van der Waals surface area contributed by atoms with E-state index in [9.17, 15) is 0 Å². The maximum absolute atomic E-state index is 5.73. The second-order valence-corrected chi connectivity index (χ2v) is 5.81. The number of aromatic nitrogens is 1. The minimum Gasteiger partial charge on any atom is -0.444 e. The van der Waals surface area contributed by atoms with Crippen LogP contribution in [0.15, 0.2) is 40.9 Å². The van der Waals surface area contributed by atoms with Crippen molar-refractivity contribution in [2.45, 2.75) is 45.7 Å². The molecule has 0 aliphatic rings. The van der Waals surface area contributed by atoms with E-state index >= 15 is 0 Å². The zero-order valence-electron chi connectivity index (χ0n) is 11.9. The Balaban J connectivity index is 1.84. The van der Waals surface area contributed by atoms with E-state index in [4.69, 9.17) is 4.42 Å². The van der Waals surface area contributed by atoms with Crippen LogP contribution in [0.2, 0.25) is 0 Å². The number of aryl methyl sites for hydroxylation is 2. The molecule has 1 aromatic carbocycles. The summed E-state index contributed by atoms with van der Waals surface area (Å²) >= 11 is 0. The van der Waals surface area contributed by atoms with Crippen molar-refractivity contribution in [3.63, 3.8) is 0 Å². The molecule has 0 aliphatic heterocycles. The maximum Gasteiger partial charge on any atom is 0.208 e. The average Bonchev–Trinajstić information content (AvgIpc) is 2.82. The molecule has 0 fully saturated rings. The van der Waals surface area contributed by atoms with Gasteiger partial charge in [0.05, 0.1) is 12.7 Å². The predicted octanol–water partition coefficient (Wildman–Crippen LogP) is 3.35. The summed E-state index contributed by atoms with van der Waals surface area (Å²) in [5.41, 5.74) is 1.41. The molecule has 2 aromatic rings. The Morgan fingerprint density at radius 3 is 2.53 bits per heavy atom. The summed E-state index contributed by atoms with van der Waals surface area (Å²) < 4.78 is 5.73. The molecule has 0 bridgehead atoms. The first-order chi connectivity index (χ1) is 9.03. The van der Waals surface area contributed by atoms with E-state index in [0.717, 1.165) is 24.5 Å². The van der Waals surface area contributed by atoms with Crippen LogP contribution in [0.4, 0.5) is 0 Å². The Morgan fingerprint density at radius 1 is 1.11 bits per heavy atom. The van der Waals surface area contributed by atoms with Gasteiger partial charge in [-0.25, -0.2) is 4.98 Å². The summed E-state index contributed by atoms with van der Waals surface area (Å²) in [6.07, 6.45) is 3.72. The third-order valence-corrected chi connectivity index (χ3v) is 2.87. The van der Waals surface area contributed by atoms with Gasteiger partial charge in [0.25, 0.3) is 0 Å². The lowest BCUT2D eigenvalue weighted by Crippen LogP contribution is -2.35. The summed E-state index contributed by atoms with van der Waals surface area (Å²) in [4.78, 5) is 4.30. The van der Waals surface area contributed by atoms with Crippen molar-refractivity contribution >= 4 is 0 Å². The Hall–Kier alpha value is -1.61. The molecule has 1 heterocycles. The molecular formula is C16H22N2O. The molecule has 0 aliphatic carbocycles. The highest BCUT2D eigenvalue weighted by Gasteiger charge is 2.11. The first-order valence-corrected chi connectivity index (χ1v) is 6.75. The zero-order chi connectivity index (χ0) is 13.7. The molecule has 2 rings (SSSR count). The van der Waals surface area contributed by atoms with E-state index in [0.29, 0.717) is 6.54 Å².